The topological polar surface area (TPSA) is 105 Å². The van der Waals surface area contributed by atoms with Crippen LogP contribution in [0, 0.1) is 0 Å². The number of thioether (sulfide) groups is 1. The van der Waals surface area contributed by atoms with Crippen molar-refractivity contribution in [2.24, 2.45) is 0 Å². The number of piperidine rings is 1. The largest absolute Gasteiger partial charge is 0.498 e. The molecule has 0 aromatic carbocycles. The van der Waals surface area contributed by atoms with Crippen LogP contribution < -0.4 is 5.46 Å². The molecule has 166 valence electrons. The van der Waals surface area contributed by atoms with Crippen LogP contribution in [0.3, 0.4) is 0 Å². The fourth-order valence-corrected chi connectivity index (χ4v) is 4.48. The van der Waals surface area contributed by atoms with Crippen molar-refractivity contribution in [2.75, 3.05) is 18.9 Å². The zero-order valence-corrected chi connectivity index (χ0v) is 19.0. The van der Waals surface area contributed by atoms with Crippen molar-refractivity contribution < 1.29 is 24.3 Å². The molecule has 2 fully saturated rings. The smallest absolute Gasteiger partial charge is 0.399 e. The highest BCUT2D eigenvalue weighted by molar-refractivity contribution is 7.99. The Morgan fingerprint density at radius 2 is 1.90 bits per heavy atom. The van der Waals surface area contributed by atoms with E-state index in [1.807, 2.05) is 27.7 Å². The van der Waals surface area contributed by atoms with Crippen molar-refractivity contribution in [1.29, 1.82) is 0 Å². The van der Waals surface area contributed by atoms with Gasteiger partial charge in [0.2, 0.25) is 0 Å². The van der Waals surface area contributed by atoms with Crippen molar-refractivity contribution in [3.8, 4) is 0 Å². The normalized spacial score (nSPS) is 24.1. The van der Waals surface area contributed by atoms with Crippen LogP contribution in [0.1, 0.15) is 53.4 Å². The summed E-state index contributed by atoms with van der Waals surface area (Å²) in [4.78, 5) is 22.9. The predicted molar refractivity (Wildman–Crippen MR) is 116 cm³/mol. The van der Waals surface area contributed by atoms with Gasteiger partial charge in [0, 0.05) is 36.2 Å². The van der Waals surface area contributed by atoms with E-state index < -0.39 is 31.0 Å². The number of carbonyl (C=O) groups is 1. The molecule has 2 unspecified atom stereocenters. The third-order valence-electron chi connectivity index (χ3n) is 6.22. The van der Waals surface area contributed by atoms with E-state index in [0.29, 0.717) is 11.7 Å². The molecular formula is C20H32BN3O5S. The first kappa shape index (κ1) is 23.5. The van der Waals surface area contributed by atoms with E-state index in [1.54, 1.807) is 17.3 Å². The van der Waals surface area contributed by atoms with E-state index in [1.165, 1.54) is 11.8 Å². The van der Waals surface area contributed by atoms with Gasteiger partial charge in [0.1, 0.15) is 0 Å². The lowest BCUT2D eigenvalue weighted by Crippen LogP contribution is -2.49. The maximum atomic E-state index is 12.3. The number of likely N-dealkylation sites (tertiary alicyclic amines) is 1. The van der Waals surface area contributed by atoms with Gasteiger partial charge >= 0.3 is 7.12 Å². The van der Waals surface area contributed by atoms with E-state index >= 15 is 0 Å². The third-order valence-corrected chi connectivity index (χ3v) is 7.13. The van der Waals surface area contributed by atoms with Crippen LogP contribution in [0.15, 0.2) is 17.6 Å². The van der Waals surface area contributed by atoms with E-state index in [-0.39, 0.29) is 11.9 Å². The summed E-state index contributed by atoms with van der Waals surface area (Å²) in [6, 6.07) is 0.0731. The summed E-state index contributed by atoms with van der Waals surface area (Å²) in [5.74, 6) is 0.384. The Hall–Kier alpha value is -1.20. The van der Waals surface area contributed by atoms with E-state index in [2.05, 4.69) is 9.97 Å². The fourth-order valence-electron chi connectivity index (χ4n) is 3.65. The van der Waals surface area contributed by atoms with Crippen LogP contribution in [-0.4, -0.2) is 80.4 Å². The highest BCUT2D eigenvalue weighted by Crippen LogP contribution is 2.36. The predicted octanol–water partition coefficient (Wildman–Crippen LogP) is 0.992. The molecule has 0 aliphatic carbocycles. The molecule has 2 N–H and O–H groups in total. The fraction of sp³-hybridized carbons (Fsp3) is 0.750. The van der Waals surface area contributed by atoms with Gasteiger partial charge in [-0.3, -0.25) is 4.79 Å². The summed E-state index contributed by atoms with van der Waals surface area (Å²) in [5.41, 5.74) is -0.0178. The first-order valence-electron chi connectivity index (χ1n) is 10.5. The molecule has 10 heteroatoms. The second-order valence-corrected chi connectivity index (χ2v) is 9.97. The number of carbonyl (C=O) groups excluding carboxylic acids is 1. The minimum absolute atomic E-state index is 0.0731. The van der Waals surface area contributed by atoms with Crippen LogP contribution in [0.2, 0.25) is 0 Å². The molecule has 30 heavy (non-hydrogen) atoms. The number of aromatic nitrogens is 2. The third kappa shape index (κ3) is 5.16. The zero-order valence-electron chi connectivity index (χ0n) is 18.2. The average molecular weight is 437 g/mol. The van der Waals surface area contributed by atoms with Gasteiger partial charge in [0.25, 0.3) is 5.91 Å². The van der Waals surface area contributed by atoms with E-state index in [9.17, 15) is 9.90 Å². The Morgan fingerprint density at radius 3 is 2.50 bits per heavy atom. The lowest BCUT2D eigenvalue weighted by atomic mass is 9.81. The van der Waals surface area contributed by atoms with Crippen LogP contribution in [0.5, 0.6) is 0 Å². The molecule has 1 amide bonds. The summed E-state index contributed by atoms with van der Waals surface area (Å²) in [6.45, 7) is 8.13. The van der Waals surface area contributed by atoms with E-state index in [4.69, 9.17) is 14.4 Å². The molecule has 2 saturated heterocycles. The highest BCUT2D eigenvalue weighted by atomic mass is 32.2. The minimum Gasteiger partial charge on any atom is -0.399 e. The zero-order chi connectivity index (χ0) is 21.9. The van der Waals surface area contributed by atoms with Crippen LogP contribution in [0.25, 0.3) is 0 Å². The SMILES string of the molecule is CC1(C)OB(c2cnc(SCCC3CCCCN3C(=O)C(O)CO)nc2)OC1(C)C. The quantitative estimate of drug-likeness (QED) is 0.370. The number of aliphatic hydroxyl groups is 2. The molecule has 3 heterocycles. The van der Waals surface area contributed by atoms with Crippen LogP contribution in [0.4, 0.5) is 0 Å². The summed E-state index contributed by atoms with van der Waals surface area (Å²) >= 11 is 1.54. The first-order valence-corrected chi connectivity index (χ1v) is 11.5. The molecule has 1 aromatic rings. The Bertz CT molecular complexity index is 718. The van der Waals surface area contributed by atoms with Gasteiger partial charge in [0.05, 0.1) is 17.8 Å². The summed E-state index contributed by atoms with van der Waals surface area (Å²) < 4.78 is 12.1. The van der Waals surface area contributed by atoms with Crippen LogP contribution >= 0.6 is 11.8 Å². The van der Waals surface area contributed by atoms with Crippen molar-refractivity contribution in [1.82, 2.24) is 14.9 Å². The van der Waals surface area contributed by atoms with Gasteiger partial charge in [-0.25, -0.2) is 9.97 Å². The molecular weight excluding hydrogens is 405 g/mol. The summed E-state index contributed by atoms with van der Waals surface area (Å²) in [5, 5.41) is 19.4. The minimum atomic E-state index is -1.33. The van der Waals surface area contributed by atoms with Gasteiger partial charge in [-0.2, -0.15) is 0 Å². The maximum Gasteiger partial charge on any atom is 0.498 e. The number of hydrogen-bond donors (Lipinski definition) is 2. The van der Waals surface area contributed by atoms with Crippen molar-refractivity contribution >= 4 is 30.3 Å². The van der Waals surface area contributed by atoms with Crippen molar-refractivity contribution in [3.05, 3.63) is 12.4 Å². The second-order valence-electron chi connectivity index (χ2n) is 8.90. The molecule has 2 atom stereocenters. The molecule has 0 radical (unpaired) electrons. The number of nitrogens with zero attached hydrogens (tertiary/aromatic N) is 3. The Balaban J connectivity index is 1.52. The molecule has 0 saturated carbocycles. The molecule has 8 nitrogen and oxygen atoms in total. The molecule has 2 aliphatic heterocycles. The number of hydrogen-bond acceptors (Lipinski definition) is 8. The standard InChI is InChI=1S/C20H32BN3O5S/c1-19(2)20(3,4)29-21(28-19)14-11-22-18(23-12-14)30-10-8-15-7-5-6-9-24(15)17(27)16(26)13-25/h11-12,15-16,25-26H,5-10,13H2,1-4H3. The number of rotatable bonds is 7. The molecule has 3 rings (SSSR count). The van der Waals surface area contributed by atoms with Gasteiger partial charge in [-0.15, -0.1) is 0 Å². The summed E-state index contributed by atoms with van der Waals surface area (Å²) in [7, 11) is -0.478. The van der Waals surface area contributed by atoms with Gasteiger partial charge in [-0.05, 0) is 53.4 Å². The molecule has 2 aliphatic rings. The number of aliphatic hydroxyl groups excluding tert-OH is 2. The Morgan fingerprint density at radius 1 is 1.27 bits per heavy atom. The molecule has 0 spiro atoms. The average Bonchev–Trinajstić information content (AvgIpc) is 2.95. The second kappa shape index (κ2) is 9.52. The van der Waals surface area contributed by atoms with Gasteiger partial charge < -0.3 is 24.4 Å². The monoisotopic (exact) mass is 437 g/mol. The lowest BCUT2D eigenvalue weighted by Gasteiger charge is -2.36. The van der Waals surface area contributed by atoms with Gasteiger partial charge in [-0.1, -0.05) is 11.8 Å². The Labute approximate surface area is 182 Å². The maximum absolute atomic E-state index is 12.3. The van der Waals surface area contributed by atoms with Crippen molar-refractivity contribution in [3.63, 3.8) is 0 Å². The molecule has 0 bridgehead atoms. The highest BCUT2D eigenvalue weighted by Gasteiger charge is 2.51. The Kier molecular flexibility index (Phi) is 7.45. The summed E-state index contributed by atoms with van der Waals surface area (Å²) in [6.07, 6.45) is 5.84. The van der Waals surface area contributed by atoms with Crippen LogP contribution in [-0.2, 0) is 14.1 Å². The lowest BCUT2D eigenvalue weighted by molar-refractivity contribution is -0.146. The molecule has 1 aromatic heterocycles. The number of amides is 1. The van der Waals surface area contributed by atoms with E-state index in [0.717, 1.165) is 36.9 Å². The first-order chi connectivity index (χ1) is 14.1. The van der Waals surface area contributed by atoms with Gasteiger partial charge in [0.15, 0.2) is 11.3 Å². The van der Waals surface area contributed by atoms with Crippen molar-refractivity contribution in [2.45, 2.75) is 81.9 Å².